The number of benzene rings is 2. The highest BCUT2D eigenvalue weighted by molar-refractivity contribution is 6.99. The number of ether oxygens (including phenoxy) is 1. The molecule has 13 heteroatoms. The number of rotatable bonds is 9. The van der Waals surface area contributed by atoms with Crippen LogP contribution in [-0.4, -0.2) is 58.3 Å². The van der Waals surface area contributed by atoms with Gasteiger partial charge in [-0.25, -0.2) is 4.98 Å². The van der Waals surface area contributed by atoms with Gasteiger partial charge in [-0.2, -0.15) is 4.98 Å². The minimum atomic E-state index is -2.79. The lowest BCUT2D eigenvalue weighted by Gasteiger charge is -2.43. The first-order valence-electron chi connectivity index (χ1n) is 13.5. The van der Waals surface area contributed by atoms with E-state index < -0.39 is 38.2 Å². The van der Waals surface area contributed by atoms with E-state index in [4.69, 9.17) is 20.4 Å². The second-order valence-electron chi connectivity index (χ2n) is 11.2. The summed E-state index contributed by atoms with van der Waals surface area (Å²) < 4.78 is 14.7. The van der Waals surface area contributed by atoms with Gasteiger partial charge in [0, 0.05) is 17.4 Å². The van der Waals surface area contributed by atoms with Crippen LogP contribution in [0.4, 0.5) is 5.95 Å². The lowest BCUT2D eigenvalue weighted by Crippen LogP contribution is -2.66. The van der Waals surface area contributed by atoms with Gasteiger partial charge in [0.25, 0.3) is 13.9 Å². The molecule has 4 atom stereocenters. The van der Waals surface area contributed by atoms with Crippen LogP contribution in [0.2, 0.25) is 5.04 Å². The van der Waals surface area contributed by atoms with E-state index in [2.05, 4.69) is 70.0 Å². The molecule has 41 heavy (non-hydrogen) atoms. The summed E-state index contributed by atoms with van der Waals surface area (Å²) in [5.41, 5.74) is 14.6. The number of imidazole rings is 1. The predicted octanol–water partition coefficient (Wildman–Crippen LogP) is 2.85. The molecule has 0 radical (unpaired) electrons. The standard InChI is InChI=1S/C28H34N8O4Si/c1-28(2,3)41(18-10-6-4-7-11-18,19-12-8-5-9-13-19)39-15-14-20-21(16-32-35-30)40-26(23(20)37)36-17-31-22-24(36)33-27(29)34-25(22)38/h4-13,17,20-21,23,26,37H,14-16H2,1-3H3,(H3,29,33,34,38)/t20-,21-,23-,26-/m1/s1. The second kappa shape index (κ2) is 11.5. The van der Waals surface area contributed by atoms with Gasteiger partial charge in [0.05, 0.1) is 19.0 Å². The minimum absolute atomic E-state index is 0.0245. The largest absolute Gasteiger partial charge is 0.407 e. The maximum Gasteiger partial charge on any atom is 0.280 e. The molecule has 4 aromatic rings. The Labute approximate surface area is 237 Å². The SMILES string of the molecule is CC(C)(C)[Si](OCC[C@H]1[C@@H](O)[C@H](n2cnc3c(=O)[nH]c(N)nc32)O[C@@H]1CN=[N+]=[N-])(c1ccccc1)c1ccccc1. The molecule has 2 aromatic carbocycles. The van der Waals surface area contributed by atoms with Crippen molar-refractivity contribution in [1.82, 2.24) is 19.5 Å². The topological polar surface area (TPSA) is 177 Å². The van der Waals surface area contributed by atoms with Crippen LogP contribution in [0.1, 0.15) is 33.4 Å². The van der Waals surface area contributed by atoms with Gasteiger partial charge in [-0.15, -0.1) is 0 Å². The monoisotopic (exact) mass is 574 g/mol. The van der Waals surface area contributed by atoms with Crippen molar-refractivity contribution in [3.8, 4) is 0 Å². The molecule has 1 fully saturated rings. The average molecular weight is 575 g/mol. The molecule has 214 valence electrons. The summed E-state index contributed by atoms with van der Waals surface area (Å²) in [5, 5.41) is 17.4. The molecule has 4 N–H and O–H groups in total. The molecular formula is C28H34N8O4Si. The number of azide groups is 1. The van der Waals surface area contributed by atoms with E-state index in [1.165, 1.54) is 10.9 Å². The number of nitrogens with one attached hydrogen (secondary N) is 1. The van der Waals surface area contributed by atoms with Crippen LogP contribution in [0.25, 0.3) is 21.6 Å². The molecule has 2 aromatic heterocycles. The van der Waals surface area contributed by atoms with Gasteiger partial charge in [0.1, 0.15) is 6.10 Å². The van der Waals surface area contributed by atoms with Crippen LogP contribution in [0.15, 0.2) is 76.9 Å². The third-order valence-corrected chi connectivity index (χ3v) is 12.8. The Bertz CT molecular complexity index is 1560. The first-order chi connectivity index (χ1) is 19.7. The molecule has 12 nitrogen and oxygen atoms in total. The van der Waals surface area contributed by atoms with Crippen LogP contribution in [0.5, 0.6) is 0 Å². The number of H-pyrrole nitrogens is 1. The maximum atomic E-state index is 12.3. The Morgan fingerprint density at radius 2 is 1.80 bits per heavy atom. The number of fused-ring (bicyclic) bond motifs is 1. The molecule has 0 aliphatic carbocycles. The fourth-order valence-corrected chi connectivity index (χ4v) is 10.5. The number of nitrogens with two attached hydrogens (primary N) is 1. The normalized spacial score (nSPS) is 21.2. The van der Waals surface area contributed by atoms with Crippen LogP contribution < -0.4 is 21.7 Å². The molecule has 1 aliphatic heterocycles. The van der Waals surface area contributed by atoms with E-state index in [0.29, 0.717) is 13.0 Å². The number of aliphatic hydroxyl groups excluding tert-OH is 1. The van der Waals surface area contributed by atoms with Gasteiger partial charge in [0.2, 0.25) is 5.95 Å². The number of aliphatic hydroxyl groups is 1. The molecule has 0 bridgehead atoms. The molecule has 0 spiro atoms. The zero-order valence-electron chi connectivity index (χ0n) is 23.2. The number of hydrogen-bond acceptors (Lipinski definition) is 8. The van der Waals surface area contributed by atoms with Crippen molar-refractivity contribution in [3.05, 3.63) is 87.8 Å². The molecule has 0 unspecified atom stereocenters. The number of anilines is 1. The smallest absolute Gasteiger partial charge is 0.280 e. The Morgan fingerprint density at radius 1 is 1.17 bits per heavy atom. The quantitative estimate of drug-likeness (QED) is 0.119. The van der Waals surface area contributed by atoms with Crippen molar-refractivity contribution in [2.24, 2.45) is 11.0 Å². The van der Waals surface area contributed by atoms with Crippen molar-refractivity contribution in [2.45, 2.75) is 50.7 Å². The second-order valence-corrected chi connectivity index (χ2v) is 15.5. The minimum Gasteiger partial charge on any atom is -0.407 e. The zero-order valence-corrected chi connectivity index (χ0v) is 24.2. The van der Waals surface area contributed by atoms with Gasteiger partial charge in [-0.3, -0.25) is 14.3 Å². The Morgan fingerprint density at radius 3 is 2.39 bits per heavy atom. The van der Waals surface area contributed by atoms with E-state index in [1.807, 2.05) is 36.4 Å². The van der Waals surface area contributed by atoms with Crippen LogP contribution in [0.3, 0.4) is 0 Å². The fraction of sp³-hybridized carbons (Fsp3) is 0.393. The summed E-state index contributed by atoms with van der Waals surface area (Å²) in [6.45, 7) is 6.98. The zero-order chi connectivity index (χ0) is 29.2. The highest BCUT2D eigenvalue weighted by Crippen LogP contribution is 2.40. The number of aromatic amines is 1. The van der Waals surface area contributed by atoms with Crippen LogP contribution >= 0.6 is 0 Å². The van der Waals surface area contributed by atoms with E-state index in [-0.39, 0.29) is 28.7 Å². The van der Waals surface area contributed by atoms with Crippen LogP contribution in [-0.2, 0) is 9.16 Å². The molecule has 0 saturated carbocycles. The molecule has 3 heterocycles. The lowest BCUT2D eigenvalue weighted by molar-refractivity contribution is -0.0321. The number of nitrogens with zero attached hydrogens (tertiary/aromatic N) is 6. The summed E-state index contributed by atoms with van der Waals surface area (Å²) in [7, 11) is -2.79. The molecular weight excluding hydrogens is 540 g/mol. The van der Waals surface area contributed by atoms with Gasteiger partial charge >= 0.3 is 0 Å². The van der Waals surface area contributed by atoms with Crippen LogP contribution in [0, 0.1) is 5.92 Å². The predicted molar refractivity (Wildman–Crippen MR) is 158 cm³/mol. The number of aromatic nitrogens is 4. The van der Waals surface area contributed by atoms with Gasteiger partial charge < -0.3 is 20.0 Å². The number of hydrogen-bond donors (Lipinski definition) is 3. The summed E-state index contributed by atoms with van der Waals surface area (Å²) in [6, 6.07) is 20.6. The third-order valence-electron chi connectivity index (χ3n) is 7.76. The Hall–Kier alpha value is -4.00. The van der Waals surface area contributed by atoms with Crippen molar-refractivity contribution < 1.29 is 14.3 Å². The summed E-state index contributed by atoms with van der Waals surface area (Å²) in [5.74, 6) is -0.502. The first kappa shape index (κ1) is 28.5. The van der Waals surface area contributed by atoms with Crippen molar-refractivity contribution in [3.63, 3.8) is 0 Å². The molecule has 1 saturated heterocycles. The van der Waals surface area contributed by atoms with E-state index in [0.717, 1.165) is 10.4 Å². The summed E-state index contributed by atoms with van der Waals surface area (Å²) >= 11 is 0. The van der Waals surface area contributed by atoms with E-state index in [9.17, 15) is 9.90 Å². The first-order valence-corrected chi connectivity index (χ1v) is 15.4. The van der Waals surface area contributed by atoms with E-state index in [1.54, 1.807) is 0 Å². The molecule has 5 rings (SSSR count). The molecule has 0 amide bonds. The number of nitrogen functional groups attached to an aromatic ring is 1. The molecule has 1 aliphatic rings. The highest BCUT2D eigenvalue weighted by Gasteiger charge is 2.51. The Kier molecular flexibility index (Phi) is 7.98. The van der Waals surface area contributed by atoms with Gasteiger partial charge in [-0.05, 0) is 27.4 Å². The van der Waals surface area contributed by atoms with Gasteiger partial charge in [-0.1, -0.05) is 86.5 Å². The average Bonchev–Trinajstić information content (AvgIpc) is 3.50. The lowest BCUT2D eigenvalue weighted by atomic mass is 9.94. The fourth-order valence-electron chi connectivity index (χ4n) is 5.91. The van der Waals surface area contributed by atoms with Crippen molar-refractivity contribution >= 4 is 35.8 Å². The summed E-state index contributed by atoms with van der Waals surface area (Å²) in [6.07, 6.45) is -0.685. The van der Waals surface area contributed by atoms with Crippen molar-refractivity contribution in [2.75, 3.05) is 18.9 Å². The van der Waals surface area contributed by atoms with E-state index >= 15 is 0 Å². The Balaban J connectivity index is 1.46. The summed E-state index contributed by atoms with van der Waals surface area (Å²) in [4.78, 5) is 26.0. The van der Waals surface area contributed by atoms with Gasteiger partial charge in [0.15, 0.2) is 17.4 Å². The maximum absolute atomic E-state index is 12.3. The highest BCUT2D eigenvalue weighted by atomic mass is 28.4. The third kappa shape index (κ3) is 5.25. The van der Waals surface area contributed by atoms with Crippen molar-refractivity contribution in [1.29, 1.82) is 0 Å².